The number of nitro groups is 1. The molecule has 0 radical (unpaired) electrons. The molecule has 0 aliphatic heterocycles. The van der Waals surface area contributed by atoms with Gasteiger partial charge in [-0.15, -0.1) is 0 Å². The largest absolute Gasteiger partial charge is 0.368 e. The molecule has 0 aliphatic rings. The number of nitrogens with zero attached hydrogens (tertiary/aromatic N) is 5. The molecule has 0 atom stereocenters. The first kappa shape index (κ1) is 13.6. The van der Waals surface area contributed by atoms with E-state index in [0.29, 0.717) is 5.69 Å². The highest BCUT2D eigenvalue weighted by Gasteiger charge is 2.21. The highest BCUT2D eigenvalue weighted by molar-refractivity contribution is 5.60. The van der Waals surface area contributed by atoms with Crippen LogP contribution in [-0.4, -0.2) is 24.9 Å². The van der Waals surface area contributed by atoms with E-state index in [1.165, 1.54) is 6.92 Å². The molecule has 9 nitrogen and oxygen atoms in total. The third-order valence-electron chi connectivity index (χ3n) is 2.53. The van der Waals surface area contributed by atoms with Crippen LogP contribution < -0.4 is 11.1 Å². The van der Waals surface area contributed by atoms with Gasteiger partial charge >= 0.3 is 5.69 Å². The summed E-state index contributed by atoms with van der Waals surface area (Å²) in [5.74, 6) is 0.0490. The number of hydrogen-bond donors (Lipinski definition) is 2. The van der Waals surface area contributed by atoms with Crippen LogP contribution in [0.3, 0.4) is 0 Å². The van der Waals surface area contributed by atoms with Gasteiger partial charge in [-0.1, -0.05) is 0 Å². The Hall–Kier alpha value is -2.84. The van der Waals surface area contributed by atoms with E-state index in [1.807, 2.05) is 6.92 Å². The molecular formula is C11H13N7O2. The predicted octanol–water partition coefficient (Wildman–Crippen LogP) is 0.986. The second kappa shape index (κ2) is 5.43. The van der Waals surface area contributed by atoms with Gasteiger partial charge in [0.2, 0.25) is 11.8 Å². The molecule has 0 aliphatic carbocycles. The van der Waals surface area contributed by atoms with Crippen LogP contribution in [0.25, 0.3) is 0 Å². The Morgan fingerprint density at radius 2 is 2.05 bits per heavy atom. The minimum absolute atomic E-state index is 0.0226. The van der Waals surface area contributed by atoms with Crippen LogP contribution in [0, 0.1) is 24.0 Å². The number of nitrogen functional groups attached to an aromatic ring is 1. The topological polar surface area (TPSA) is 133 Å². The Balaban J connectivity index is 2.24. The summed E-state index contributed by atoms with van der Waals surface area (Å²) in [5, 5.41) is 13.9. The van der Waals surface area contributed by atoms with Crippen molar-refractivity contribution in [3.63, 3.8) is 0 Å². The molecule has 0 saturated heterocycles. The fourth-order valence-corrected chi connectivity index (χ4v) is 1.62. The molecule has 2 heterocycles. The zero-order valence-electron chi connectivity index (χ0n) is 11.0. The summed E-state index contributed by atoms with van der Waals surface area (Å²) in [6, 6.07) is 0. The second-order valence-electron chi connectivity index (χ2n) is 4.12. The van der Waals surface area contributed by atoms with Crippen LogP contribution in [0.2, 0.25) is 0 Å². The second-order valence-corrected chi connectivity index (χ2v) is 4.12. The summed E-state index contributed by atoms with van der Waals surface area (Å²) in [5.41, 5.74) is 6.95. The molecule has 2 rings (SSSR count). The van der Waals surface area contributed by atoms with Gasteiger partial charge in [-0.2, -0.15) is 4.98 Å². The van der Waals surface area contributed by atoms with Crippen LogP contribution in [0.4, 0.5) is 17.5 Å². The molecule has 3 N–H and O–H groups in total. The zero-order valence-corrected chi connectivity index (χ0v) is 11.0. The number of aryl methyl sites for hydroxylation is 2. The molecule has 20 heavy (non-hydrogen) atoms. The molecule has 0 bridgehead atoms. The number of nitrogens with two attached hydrogens (primary N) is 1. The van der Waals surface area contributed by atoms with Crippen LogP contribution in [0.15, 0.2) is 12.4 Å². The first-order valence-corrected chi connectivity index (χ1v) is 5.77. The van der Waals surface area contributed by atoms with Crippen LogP contribution >= 0.6 is 0 Å². The van der Waals surface area contributed by atoms with E-state index in [1.54, 1.807) is 12.4 Å². The van der Waals surface area contributed by atoms with E-state index in [-0.39, 0.29) is 29.7 Å². The Morgan fingerprint density at radius 3 is 2.65 bits per heavy atom. The Kier molecular flexibility index (Phi) is 3.69. The Bertz CT molecular complexity index is 642. The zero-order chi connectivity index (χ0) is 14.7. The van der Waals surface area contributed by atoms with Crippen LogP contribution in [-0.2, 0) is 6.54 Å². The lowest BCUT2D eigenvalue weighted by atomic mass is 10.3. The third-order valence-corrected chi connectivity index (χ3v) is 2.53. The van der Waals surface area contributed by atoms with Gasteiger partial charge in [0.05, 0.1) is 29.1 Å². The van der Waals surface area contributed by atoms with Crippen LogP contribution in [0.1, 0.15) is 17.1 Å². The van der Waals surface area contributed by atoms with Gasteiger partial charge in [0, 0.05) is 6.20 Å². The minimum atomic E-state index is -0.544. The molecule has 0 spiro atoms. The Morgan fingerprint density at radius 1 is 1.30 bits per heavy atom. The van der Waals surface area contributed by atoms with E-state index in [2.05, 4.69) is 25.3 Å². The summed E-state index contributed by atoms with van der Waals surface area (Å²) in [6.45, 7) is 3.58. The summed E-state index contributed by atoms with van der Waals surface area (Å²) in [6.07, 6.45) is 3.20. The van der Waals surface area contributed by atoms with Crippen molar-refractivity contribution in [3.8, 4) is 0 Å². The van der Waals surface area contributed by atoms with Crippen molar-refractivity contribution < 1.29 is 4.92 Å². The number of anilines is 2. The Labute approximate surface area is 114 Å². The number of rotatable bonds is 4. The molecule has 0 fully saturated rings. The predicted molar refractivity (Wildman–Crippen MR) is 71.9 cm³/mol. The first-order chi connectivity index (χ1) is 9.47. The van der Waals surface area contributed by atoms with E-state index in [0.717, 1.165) is 5.69 Å². The number of nitrogens with one attached hydrogen (secondary N) is 1. The van der Waals surface area contributed by atoms with Crippen molar-refractivity contribution >= 4 is 17.5 Å². The van der Waals surface area contributed by atoms with Crippen molar-refractivity contribution in [1.29, 1.82) is 0 Å². The lowest BCUT2D eigenvalue weighted by molar-refractivity contribution is -0.385. The van der Waals surface area contributed by atoms with E-state index in [9.17, 15) is 10.1 Å². The van der Waals surface area contributed by atoms with Crippen molar-refractivity contribution in [3.05, 3.63) is 39.6 Å². The molecular weight excluding hydrogens is 262 g/mol. The van der Waals surface area contributed by atoms with Gasteiger partial charge in [0.1, 0.15) is 5.69 Å². The molecule has 0 aromatic carbocycles. The first-order valence-electron chi connectivity index (χ1n) is 5.77. The highest BCUT2D eigenvalue weighted by atomic mass is 16.6. The number of hydrogen-bond acceptors (Lipinski definition) is 8. The monoisotopic (exact) mass is 275 g/mol. The maximum Gasteiger partial charge on any atom is 0.332 e. The molecule has 2 aromatic heterocycles. The van der Waals surface area contributed by atoms with Gasteiger partial charge < -0.3 is 11.1 Å². The highest BCUT2D eigenvalue weighted by Crippen LogP contribution is 2.25. The van der Waals surface area contributed by atoms with Gasteiger partial charge in [-0.05, 0) is 13.8 Å². The fourth-order valence-electron chi connectivity index (χ4n) is 1.62. The van der Waals surface area contributed by atoms with E-state index in [4.69, 9.17) is 5.73 Å². The molecule has 104 valence electrons. The maximum absolute atomic E-state index is 11.0. The van der Waals surface area contributed by atoms with Gasteiger partial charge in [0.25, 0.3) is 0 Å². The fraction of sp³-hybridized carbons (Fsp3) is 0.273. The average Bonchev–Trinajstić information content (AvgIpc) is 2.36. The lowest BCUT2D eigenvalue weighted by Crippen LogP contribution is -2.10. The molecule has 0 amide bonds. The van der Waals surface area contributed by atoms with E-state index < -0.39 is 4.92 Å². The van der Waals surface area contributed by atoms with Crippen molar-refractivity contribution in [1.82, 2.24) is 19.9 Å². The summed E-state index contributed by atoms with van der Waals surface area (Å²) in [7, 11) is 0. The summed E-state index contributed by atoms with van der Waals surface area (Å²) < 4.78 is 0. The van der Waals surface area contributed by atoms with Crippen LogP contribution in [0.5, 0.6) is 0 Å². The molecule has 0 unspecified atom stereocenters. The lowest BCUT2D eigenvalue weighted by Gasteiger charge is -2.07. The molecule has 2 aromatic rings. The normalized spacial score (nSPS) is 10.3. The number of aromatic nitrogens is 4. The summed E-state index contributed by atoms with van der Waals surface area (Å²) in [4.78, 5) is 26.3. The molecule has 0 saturated carbocycles. The molecule has 9 heteroatoms. The van der Waals surface area contributed by atoms with Crippen molar-refractivity contribution in [2.45, 2.75) is 20.4 Å². The summed E-state index contributed by atoms with van der Waals surface area (Å²) >= 11 is 0. The minimum Gasteiger partial charge on any atom is -0.368 e. The quantitative estimate of drug-likeness (QED) is 0.623. The van der Waals surface area contributed by atoms with Gasteiger partial charge in [-0.25, -0.2) is 4.98 Å². The van der Waals surface area contributed by atoms with Crippen molar-refractivity contribution in [2.24, 2.45) is 0 Å². The SMILES string of the molecule is Cc1cnc(CNc2nc(N)nc(C)c2[N+](=O)[O-])cn1. The standard InChI is InChI=1S/C11H13N7O2/c1-6-3-14-8(4-13-6)5-15-10-9(18(19)20)7(2)16-11(12)17-10/h3-4H,5H2,1-2H3,(H3,12,15,16,17). The maximum atomic E-state index is 11.0. The van der Waals surface area contributed by atoms with Gasteiger partial charge in [-0.3, -0.25) is 20.1 Å². The smallest absolute Gasteiger partial charge is 0.332 e. The average molecular weight is 275 g/mol. The van der Waals surface area contributed by atoms with E-state index >= 15 is 0 Å². The van der Waals surface area contributed by atoms with Gasteiger partial charge in [0.15, 0.2) is 0 Å². The third kappa shape index (κ3) is 2.94. The van der Waals surface area contributed by atoms with Crippen molar-refractivity contribution in [2.75, 3.05) is 11.1 Å².